The number of ether oxygens (including phenoxy) is 1. The lowest BCUT2D eigenvalue weighted by molar-refractivity contribution is 0.122. The molecule has 10 nitrogen and oxygen atoms in total. The fourth-order valence-electron chi connectivity index (χ4n) is 3.88. The number of nitrogens with zero attached hydrogens (tertiary/aromatic N) is 8. The molecule has 33 heavy (non-hydrogen) atoms. The van der Waals surface area contributed by atoms with Crippen molar-refractivity contribution in [2.75, 3.05) is 31.2 Å². The number of morpholine rings is 1. The van der Waals surface area contributed by atoms with Crippen LogP contribution in [-0.2, 0) is 4.74 Å². The Kier molecular flexibility index (Phi) is 4.69. The first-order chi connectivity index (χ1) is 16.3. The molecule has 1 aliphatic heterocycles. The average molecular weight is 440 g/mol. The van der Waals surface area contributed by atoms with E-state index in [1.54, 1.807) is 23.0 Å². The van der Waals surface area contributed by atoms with Gasteiger partial charge in [-0.25, -0.2) is 0 Å². The third kappa shape index (κ3) is 3.56. The van der Waals surface area contributed by atoms with E-state index in [4.69, 9.17) is 9.84 Å². The predicted octanol–water partition coefficient (Wildman–Crippen LogP) is 2.58. The Balaban J connectivity index is 1.51. The predicted molar refractivity (Wildman–Crippen MR) is 121 cm³/mol. The minimum Gasteiger partial charge on any atom is -0.493 e. The third-order valence-electron chi connectivity index (χ3n) is 5.53. The van der Waals surface area contributed by atoms with Gasteiger partial charge in [-0.15, -0.1) is 5.10 Å². The zero-order chi connectivity index (χ0) is 22.2. The van der Waals surface area contributed by atoms with Crippen molar-refractivity contribution in [3.8, 4) is 34.3 Å². The number of benzene rings is 1. The van der Waals surface area contributed by atoms with Crippen molar-refractivity contribution in [1.82, 2.24) is 34.3 Å². The largest absolute Gasteiger partial charge is 0.493 e. The van der Waals surface area contributed by atoms with Gasteiger partial charge in [0.15, 0.2) is 11.6 Å². The van der Waals surface area contributed by atoms with Crippen LogP contribution in [-0.4, -0.2) is 65.8 Å². The maximum atomic E-state index is 10.7. The van der Waals surface area contributed by atoms with Gasteiger partial charge in [-0.05, 0) is 12.1 Å². The number of fused-ring (bicyclic) bond motifs is 1. The number of aromatic hydroxyl groups is 1. The van der Waals surface area contributed by atoms with E-state index < -0.39 is 0 Å². The van der Waals surface area contributed by atoms with Crippen molar-refractivity contribution in [2.45, 2.75) is 0 Å². The molecule has 0 atom stereocenters. The summed E-state index contributed by atoms with van der Waals surface area (Å²) < 4.78 is 8.68. The van der Waals surface area contributed by atoms with E-state index in [1.165, 1.54) is 4.68 Å². The molecule has 1 fully saturated rings. The molecule has 6 rings (SSSR count). The van der Waals surface area contributed by atoms with Crippen LogP contribution in [0.25, 0.3) is 34.2 Å². The molecule has 0 radical (unpaired) electrons. The molecule has 4 aromatic heterocycles. The van der Waals surface area contributed by atoms with Gasteiger partial charge < -0.3 is 14.7 Å². The third-order valence-corrected chi connectivity index (χ3v) is 5.53. The fraction of sp³-hybridized carbons (Fsp3) is 0.174. The molecule has 5 heterocycles. The van der Waals surface area contributed by atoms with Crippen molar-refractivity contribution in [2.24, 2.45) is 0 Å². The molecule has 5 aromatic rings. The van der Waals surface area contributed by atoms with Crippen molar-refractivity contribution in [1.29, 1.82) is 0 Å². The second kappa shape index (κ2) is 7.99. The minimum absolute atomic E-state index is 0.00694. The molecule has 1 saturated heterocycles. The van der Waals surface area contributed by atoms with E-state index in [-0.39, 0.29) is 5.88 Å². The first-order valence-electron chi connectivity index (χ1n) is 10.6. The molecule has 1 aliphatic rings. The summed E-state index contributed by atoms with van der Waals surface area (Å²) in [5.41, 5.74) is 2.41. The molecular weight excluding hydrogens is 420 g/mol. The van der Waals surface area contributed by atoms with Gasteiger partial charge in [0.2, 0.25) is 5.88 Å². The Morgan fingerprint density at radius 3 is 2.42 bits per heavy atom. The first-order valence-corrected chi connectivity index (χ1v) is 10.6. The lowest BCUT2D eigenvalue weighted by Crippen LogP contribution is -2.37. The normalized spacial score (nSPS) is 14.1. The van der Waals surface area contributed by atoms with E-state index >= 15 is 0 Å². The first kappa shape index (κ1) is 19.4. The van der Waals surface area contributed by atoms with Crippen LogP contribution in [0.15, 0.2) is 67.0 Å². The Morgan fingerprint density at radius 2 is 1.64 bits per heavy atom. The van der Waals surface area contributed by atoms with E-state index in [0.29, 0.717) is 49.4 Å². The highest BCUT2D eigenvalue weighted by Crippen LogP contribution is 2.28. The van der Waals surface area contributed by atoms with Gasteiger partial charge in [-0.2, -0.15) is 24.3 Å². The number of aromatic nitrogens is 7. The number of hydrogen-bond donors (Lipinski definition) is 1. The van der Waals surface area contributed by atoms with Gasteiger partial charge in [0.25, 0.3) is 5.78 Å². The van der Waals surface area contributed by atoms with Crippen molar-refractivity contribution in [3.05, 3.63) is 67.0 Å². The Labute approximate surface area is 188 Å². The highest BCUT2D eigenvalue weighted by atomic mass is 16.5. The van der Waals surface area contributed by atoms with Crippen LogP contribution in [0.3, 0.4) is 0 Å². The maximum Gasteiger partial charge on any atom is 0.256 e. The van der Waals surface area contributed by atoms with E-state index in [9.17, 15) is 5.11 Å². The van der Waals surface area contributed by atoms with Crippen LogP contribution in [0.2, 0.25) is 0 Å². The highest BCUT2D eigenvalue weighted by molar-refractivity contribution is 5.62. The molecule has 0 unspecified atom stereocenters. The van der Waals surface area contributed by atoms with E-state index in [1.807, 2.05) is 48.5 Å². The molecule has 164 valence electrons. The van der Waals surface area contributed by atoms with Crippen LogP contribution in [0, 0.1) is 0 Å². The lowest BCUT2D eigenvalue weighted by atomic mass is 10.2. The summed E-state index contributed by atoms with van der Waals surface area (Å²) in [6.45, 7) is 2.67. The Hall–Kier alpha value is -4.31. The van der Waals surface area contributed by atoms with E-state index in [2.05, 4.69) is 25.0 Å². The Morgan fingerprint density at radius 1 is 0.848 bits per heavy atom. The summed E-state index contributed by atoms with van der Waals surface area (Å²) in [7, 11) is 0. The molecule has 0 aliphatic carbocycles. The maximum absolute atomic E-state index is 10.7. The number of hydrogen-bond acceptors (Lipinski definition) is 8. The minimum atomic E-state index is -0.00694. The van der Waals surface area contributed by atoms with Crippen molar-refractivity contribution in [3.63, 3.8) is 0 Å². The molecule has 1 N–H and O–H groups in total. The zero-order valence-electron chi connectivity index (χ0n) is 17.6. The smallest absolute Gasteiger partial charge is 0.256 e. The monoisotopic (exact) mass is 440 g/mol. The summed E-state index contributed by atoms with van der Waals surface area (Å²) in [4.78, 5) is 15.6. The van der Waals surface area contributed by atoms with Gasteiger partial charge in [-0.3, -0.25) is 4.98 Å². The molecule has 0 saturated carbocycles. The fourth-order valence-corrected chi connectivity index (χ4v) is 3.88. The van der Waals surface area contributed by atoms with Crippen LogP contribution in [0.4, 0.5) is 5.82 Å². The second-order valence-electron chi connectivity index (χ2n) is 7.62. The van der Waals surface area contributed by atoms with E-state index in [0.717, 1.165) is 16.9 Å². The van der Waals surface area contributed by atoms with Crippen molar-refractivity contribution < 1.29 is 9.84 Å². The quantitative estimate of drug-likeness (QED) is 0.455. The molecule has 1 aromatic carbocycles. The Bertz CT molecular complexity index is 1410. The second-order valence-corrected chi connectivity index (χ2v) is 7.62. The SMILES string of the molecule is Oc1cc(-c2ccccc2)nn1-c1cc(N2CCOCC2)n2nc(-c3ccncc3)nc2n1. The summed E-state index contributed by atoms with van der Waals surface area (Å²) >= 11 is 0. The molecule has 0 bridgehead atoms. The standard InChI is InChI=1S/C23H20N8O2/c32-21-14-18(16-4-2-1-3-5-16)27-30(21)19-15-20(29-10-12-33-13-11-29)31-23(25-19)26-22(28-31)17-6-8-24-9-7-17/h1-9,14-15,32H,10-13H2. The van der Waals surface area contributed by atoms with Crippen LogP contribution in [0.5, 0.6) is 5.88 Å². The van der Waals surface area contributed by atoms with Crippen molar-refractivity contribution >= 4 is 11.6 Å². The topological polar surface area (TPSA) is 106 Å². The number of pyridine rings is 1. The number of anilines is 1. The average Bonchev–Trinajstić information content (AvgIpc) is 3.49. The summed E-state index contributed by atoms with van der Waals surface area (Å²) in [6.07, 6.45) is 3.41. The lowest BCUT2D eigenvalue weighted by Gasteiger charge is -2.28. The molecule has 0 spiro atoms. The van der Waals surface area contributed by atoms with Gasteiger partial charge in [-0.1, -0.05) is 30.3 Å². The zero-order valence-corrected chi connectivity index (χ0v) is 17.6. The van der Waals surface area contributed by atoms with Gasteiger partial charge >= 0.3 is 0 Å². The van der Waals surface area contributed by atoms with Gasteiger partial charge in [0.05, 0.1) is 18.9 Å². The number of rotatable bonds is 4. The highest BCUT2D eigenvalue weighted by Gasteiger charge is 2.21. The summed E-state index contributed by atoms with van der Waals surface area (Å²) in [5, 5.41) is 20.0. The summed E-state index contributed by atoms with van der Waals surface area (Å²) in [5.74, 6) is 2.22. The van der Waals surface area contributed by atoms with Gasteiger partial charge in [0, 0.05) is 48.7 Å². The van der Waals surface area contributed by atoms with Crippen LogP contribution >= 0.6 is 0 Å². The van der Waals surface area contributed by atoms with Crippen LogP contribution < -0.4 is 4.90 Å². The summed E-state index contributed by atoms with van der Waals surface area (Å²) in [6, 6.07) is 16.9. The molecule has 0 amide bonds. The molecule has 10 heteroatoms. The van der Waals surface area contributed by atoms with Crippen LogP contribution in [0.1, 0.15) is 0 Å². The molecular formula is C23H20N8O2. The van der Waals surface area contributed by atoms with Gasteiger partial charge in [0.1, 0.15) is 5.82 Å².